The van der Waals surface area contributed by atoms with Crippen molar-refractivity contribution < 1.29 is 9.59 Å². The lowest BCUT2D eigenvalue weighted by atomic mass is 10.1. The van der Waals surface area contributed by atoms with E-state index in [4.69, 9.17) is 5.73 Å². The lowest BCUT2D eigenvalue weighted by molar-refractivity contribution is -0.127. The number of carbonyl (C=O) groups is 2. The van der Waals surface area contributed by atoms with Crippen LogP contribution in [0.3, 0.4) is 0 Å². The summed E-state index contributed by atoms with van der Waals surface area (Å²) in [5.41, 5.74) is 5.68. The molecule has 112 valence electrons. The maximum Gasteiger partial charge on any atom is 0.239 e. The predicted octanol–water partition coefficient (Wildman–Crippen LogP) is 1.17. The molecule has 2 atom stereocenters. The average molecular weight is 271 g/mol. The van der Waals surface area contributed by atoms with Gasteiger partial charge >= 0.3 is 0 Å². The van der Waals surface area contributed by atoms with E-state index in [-0.39, 0.29) is 30.3 Å². The Morgan fingerprint density at radius 1 is 1.16 bits per heavy atom. The second-order valence-electron chi connectivity index (χ2n) is 5.45. The van der Waals surface area contributed by atoms with Crippen LogP contribution in [0.5, 0.6) is 0 Å². The van der Waals surface area contributed by atoms with Gasteiger partial charge in [0.15, 0.2) is 0 Å². The van der Waals surface area contributed by atoms with Crippen molar-refractivity contribution in [3.8, 4) is 0 Å². The van der Waals surface area contributed by atoms with Crippen molar-refractivity contribution in [1.82, 2.24) is 10.6 Å². The Labute approximate surface area is 116 Å². The minimum absolute atomic E-state index is 0.00261. The van der Waals surface area contributed by atoms with Gasteiger partial charge in [-0.05, 0) is 19.3 Å². The second-order valence-corrected chi connectivity index (χ2v) is 5.45. The maximum atomic E-state index is 11.6. The highest BCUT2D eigenvalue weighted by Gasteiger charge is 2.17. The molecule has 0 saturated heterocycles. The summed E-state index contributed by atoms with van der Waals surface area (Å²) in [5, 5.41) is 5.43. The third kappa shape index (κ3) is 8.59. The lowest BCUT2D eigenvalue weighted by Crippen LogP contribution is -2.48. The number of nitrogens with two attached hydrogens (primary N) is 1. The number of unbranched alkanes of at least 4 members (excludes halogenated alkanes) is 2. The van der Waals surface area contributed by atoms with Gasteiger partial charge in [-0.25, -0.2) is 0 Å². The van der Waals surface area contributed by atoms with Gasteiger partial charge in [-0.15, -0.1) is 0 Å². The minimum Gasteiger partial charge on any atom is -0.352 e. The molecule has 0 aromatic carbocycles. The number of hydrogen-bond donors (Lipinski definition) is 3. The zero-order valence-electron chi connectivity index (χ0n) is 12.7. The fraction of sp³-hybridized carbons (Fsp3) is 0.857. The molecule has 5 nitrogen and oxygen atoms in total. The zero-order chi connectivity index (χ0) is 14.8. The molecule has 19 heavy (non-hydrogen) atoms. The SMILES string of the molecule is CCCCCC(C)NC(=O)CNC(=O)[C@@H](N)C(C)C. The minimum atomic E-state index is -0.560. The van der Waals surface area contributed by atoms with Gasteiger partial charge in [0.2, 0.25) is 11.8 Å². The van der Waals surface area contributed by atoms with Crippen molar-refractivity contribution in [3.05, 3.63) is 0 Å². The van der Waals surface area contributed by atoms with Crippen molar-refractivity contribution >= 4 is 11.8 Å². The van der Waals surface area contributed by atoms with Crippen LogP contribution in [0.25, 0.3) is 0 Å². The van der Waals surface area contributed by atoms with E-state index in [0.717, 1.165) is 12.8 Å². The van der Waals surface area contributed by atoms with Gasteiger partial charge in [0.1, 0.15) is 0 Å². The molecule has 0 aromatic heterocycles. The molecule has 0 aromatic rings. The first-order chi connectivity index (χ1) is 8.88. The lowest BCUT2D eigenvalue weighted by Gasteiger charge is -2.17. The molecule has 0 heterocycles. The molecule has 0 aliphatic heterocycles. The first kappa shape index (κ1) is 17.9. The Hall–Kier alpha value is -1.10. The third-order valence-corrected chi connectivity index (χ3v) is 3.09. The molecule has 0 aliphatic rings. The number of rotatable bonds is 9. The van der Waals surface area contributed by atoms with Crippen molar-refractivity contribution in [2.75, 3.05) is 6.54 Å². The molecule has 0 saturated carbocycles. The van der Waals surface area contributed by atoms with Crippen LogP contribution in [0.15, 0.2) is 0 Å². The summed E-state index contributed by atoms with van der Waals surface area (Å²) < 4.78 is 0. The van der Waals surface area contributed by atoms with Gasteiger partial charge in [-0.1, -0.05) is 40.0 Å². The summed E-state index contributed by atoms with van der Waals surface area (Å²) in [7, 11) is 0. The summed E-state index contributed by atoms with van der Waals surface area (Å²) in [6, 6.07) is -0.412. The molecule has 4 N–H and O–H groups in total. The molecule has 0 aliphatic carbocycles. The van der Waals surface area contributed by atoms with E-state index in [2.05, 4.69) is 17.6 Å². The highest BCUT2D eigenvalue weighted by atomic mass is 16.2. The average Bonchev–Trinajstić information content (AvgIpc) is 2.35. The molecule has 1 unspecified atom stereocenters. The fourth-order valence-electron chi connectivity index (χ4n) is 1.69. The van der Waals surface area contributed by atoms with E-state index < -0.39 is 6.04 Å². The smallest absolute Gasteiger partial charge is 0.239 e. The quantitative estimate of drug-likeness (QED) is 0.550. The van der Waals surface area contributed by atoms with Crippen LogP contribution in [0.2, 0.25) is 0 Å². The Bertz CT molecular complexity index is 280. The van der Waals surface area contributed by atoms with Crippen LogP contribution in [0, 0.1) is 5.92 Å². The summed E-state index contributed by atoms with van der Waals surface area (Å²) >= 11 is 0. The van der Waals surface area contributed by atoms with Crippen molar-refractivity contribution in [2.45, 2.75) is 65.5 Å². The first-order valence-electron chi connectivity index (χ1n) is 7.21. The Balaban J connectivity index is 3.83. The van der Waals surface area contributed by atoms with Crippen LogP contribution in [0.1, 0.15) is 53.4 Å². The molecule has 2 amide bonds. The number of amides is 2. The normalized spacial score (nSPS) is 14.0. The number of hydrogen-bond acceptors (Lipinski definition) is 3. The molecule has 0 bridgehead atoms. The van der Waals surface area contributed by atoms with Gasteiger partial charge in [0, 0.05) is 6.04 Å². The molecular weight excluding hydrogens is 242 g/mol. The van der Waals surface area contributed by atoms with E-state index >= 15 is 0 Å². The van der Waals surface area contributed by atoms with Crippen LogP contribution in [-0.4, -0.2) is 30.4 Å². The third-order valence-electron chi connectivity index (χ3n) is 3.09. The van der Waals surface area contributed by atoms with Crippen LogP contribution < -0.4 is 16.4 Å². The highest BCUT2D eigenvalue weighted by Crippen LogP contribution is 2.02. The topological polar surface area (TPSA) is 84.2 Å². The van der Waals surface area contributed by atoms with E-state index in [1.807, 2.05) is 20.8 Å². The molecule has 0 rings (SSSR count). The fourth-order valence-corrected chi connectivity index (χ4v) is 1.69. The molecule has 0 radical (unpaired) electrons. The molecule has 0 fully saturated rings. The van der Waals surface area contributed by atoms with E-state index in [0.29, 0.717) is 0 Å². The Morgan fingerprint density at radius 3 is 2.32 bits per heavy atom. The van der Waals surface area contributed by atoms with Gasteiger partial charge in [0.25, 0.3) is 0 Å². The van der Waals surface area contributed by atoms with Gasteiger partial charge in [0.05, 0.1) is 12.6 Å². The van der Waals surface area contributed by atoms with Gasteiger partial charge in [-0.3, -0.25) is 9.59 Å². The van der Waals surface area contributed by atoms with E-state index in [1.165, 1.54) is 12.8 Å². The largest absolute Gasteiger partial charge is 0.352 e. The first-order valence-corrected chi connectivity index (χ1v) is 7.21. The van der Waals surface area contributed by atoms with Gasteiger partial charge < -0.3 is 16.4 Å². The molecule has 0 spiro atoms. The van der Waals surface area contributed by atoms with E-state index in [9.17, 15) is 9.59 Å². The predicted molar refractivity (Wildman–Crippen MR) is 77.6 cm³/mol. The van der Waals surface area contributed by atoms with Crippen molar-refractivity contribution in [1.29, 1.82) is 0 Å². The molecular formula is C14H29N3O2. The maximum absolute atomic E-state index is 11.6. The van der Waals surface area contributed by atoms with E-state index in [1.54, 1.807) is 0 Å². The zero-order valence-corrected chi connectivity index (χ0v) is 12.7. The Kier molecular flexibility index (Phi) is 9.21. The van der Waals surface area contributed by atoms with Crippen LogP contribution in [0.4, 0.5) is 0 Å². The summed E-state index contributed by atoms with van der Waals surface area (Å²) in [6.45, 7) is 7.88. The van der Waals surface area contributed by atoms with Crippen LogP contribution in [-0.2, 0) is 9.59 Å². The van der Waals surface area contributed by atoms with Crippen molar-refractivity contribution in [2.24, 2.45) is 11.7 Å². The Morgan fingerprint density at radius 2 is 1.79 bits per heavy atom. The number of nitrogens with one attached hydrogen (secondary N) is 2. The standard InChI is InChI=1S/C14H29N3O2/c1-5-6-7-8-11(4)17-12(18)9-16-14(19)13(15)10(2)3/h10-11,13H,5-9,15H2,1-4H3,(H,16,19)(H,17,18)/t11?,13-/m0/s1. The monoisotopic (exact) mass is 271 g/mol. The summed E-state index contributed by atoms with van der Waals surface area (Å²) in [6.07, 6.45) is 4.44. The van der Waals surface area contributed by atoms with Crippen molar-refractivity contribution in [3.63, 3.8) is 0 Å². The molecule has 5 heteroatoms. The summed E-state index contributed by atoms with van der Waals surface area (Å²) in [4.78, 5) is 23.2. The highest BCUT2D eigenvalue weighted by molar-refractivity contribution is 5.87. The second kappa shape index (κ2) is 9.78. The number of carbonyl (C=O) groups excluding carboxylic acids is 2. The summed E-state index contributed by atoms with van der Waals surface area (Å²) in [5.74, 6) is -0.367. The van der Waals surface area contributed by atoms with Gasteiger partial charge in [-0.2, -0.15) is 0 Å². The van der Waals surface area contributed by atoms with Crippen LogP contribution >= 0.6 is 0 Å².